The second-order valence-corrected chi connectivity index (χ2v) is 7.85. The highest BCUT2D eigenvalue weighted by Crippen LogP contribution is 2.29. The molecule has 2 fully saturated rings. The van der Waals surface area contributed by atoms with Gasteiger partial charge in [-0.15, -0.1) is 11.8 Å². The van der Waals surface area contributed by atoms with Crippen LogP contribution < -0.4 is 10.1 Å². The number of amides is 1. The SMILES string of the molecule is O=C(CSC1CCCC1)NC1CCC(Oc2ncc(F)cn2)CC1. The summed E-state index contributed by atoms with van der Waals surface area (Å²) >= 11 is 1.80. The van der Waals surface area contributed by atoms with Crippen LogP contribution in [0, 0.1) is 5.82 Å². The van der Waals surface area contributed by atoms with Gasteiger partial charge in [0.25, 0.3) is 0 Å². The minimum Gasteiger partial charge on any atom is -0.460 e. The van der Waals surface area contributed by atoms with E-state index in [-0.39, 0.29) is 24.1 Å². The lowest BCUT2D eigenvalue weighted by Gasteiger charge is -2.28. The van der Waals surface area contributed by atoms with Gasteiger partial charge in [-0.25, -0.2) is 14.4 Å². The first kappa shape index (κ1) is 17.5. The van der Waals surface area contributed by atoms with E-state index >= 15 is 0 Å². The lowest BCUT2D eigenvalue weighted by Crippen LogP contribution is -2.40. The van der Waals surface area contributed by atoms with E-state index in [1.165, 1.54) is 25.7 Å². The number of halogens is 1. The fraction of sp³-hybridized carbons (Fsp3) is 0.706. The molecule has 0 aromatic carbocycles. The smallest absolute Gasteiger partial charge is 0.316 e. The van der Waals surface area contributed by atoms with Crippen molar-refractivity contribution >= 4 is 17.7 Å². The summed E-state index contributed by atoms with van der Waals surface area (Å²) in [6.07, 6.45) is 10.9. The Bertz CT molecular complexity index is 529. The number of thioether (sulfide) groups is 1. The first-order valence-electron chi connectivity index (χ1n) is 8.74. The highest BCUT2D eigenvalue weighted by molar-refractivity contribution is 8.00. The Morgan fingerprint density at radius 1 is 1.17 bits per heavy atom. The van der Waals surface area contributed by atoms with Crippen LogP contribution in [0.2, 0.25) is 0 Å². The fourth-order valence-corrected chi connectivity index (χ4v) is 4.49. The Balaban J connectivity index is 1.34. The van der Waals surface area contributed by atoms with E-state index in [9.17, 15) is 9.18 Å². The number of hydrogen-bond acceptors (Lipinski definition) is 5. The van der Waals surface area contributed by atoms with Crippen molar-refractivity contribution in [3.8, 4) is 6.01 Å². The molecule has 0 aliphatic heterocycles. The second-order valence-electron chi connectivity index (χ2n) is 6.56. The Hall–Kier alpha value is -1.37. The second kappa shape index (κ2) is 8.65. The van der Waals surface area contributed by atoms with Gasteiger partial charge in [0.1, 0.15) is 6.10 Å². The van der Waals surface area contributed by atoms with E-state index < -0.39 is 5.82 Å². The minimum atomic E-state index is -0.468. The third-order valence-corrected chi connectivity index (χ3v) is 6.03. The maximum atomic E-state index is 12.8. The van der Waals surface area contributed by atoms with Gasteiger partial charge in [0.05, 0.1) is 18.1 Å². The van der Waals surface area contributed by atoms with Gasteiger partial charge < -0.3 is 10.1 Å². The average Bonchev–Trinajstić information content (AvgIpc) is 3.10. The summed E-state index contributed by atoms with van der Waals surface area (Å²) in [4.78, 5) is 19.7. The third-order valence-electron chi connectivity index (χ3n) is 4.66. The molecule has 7 heteroatoms. The van der Waals surface area contributed by atoms with E-state index in [0.29, 0.717) is 11.0 Å². The largest absolute Gasteiger partial charge is 0.460 e. The van der Waals surface area contributed by atoms with Gasteiger partial charge in [0.15, 0.2) is 5.82 Å². The predicted octanol–water partition coefficient (Wildman–Crippen LogP) is 3.10. The lowest BCUT2D eigenvalue weighted by molar-refractivity contribution is -0.119. The highest BCUT2D eigenvalue weighted by Gasteiger charge is 2.25. The first-order chi connectivity index (χ1) is 11.7. The molecule has 1 aromatic heterocycles. The molecule has 2 aliphatic carbocycles. The van der Waals surface area contributed by atoms with Gasteiger partial charge in [0.2, 0.25) is 5.91 Å². The Labute approximate surface area is 146 Å². The van der Waals surface area contributed by atoms with Gasteiger partial charge in [-0.05, 0) is 38.5 Å². The monoisotopic (exact) mass is 353 g/mol. The van der Waals surface area contributed by atoms with Crippen molar-refractivity contribution in [1.82, 2.24) is 15.3 Å². The predicted molar refractivity (Wildman–Crippen MR) is 91.5 cm³/mol. The van der Waals surface area contributed by atoms with E-state index in [0.717, 1.165) is 38.1 Å². The number of rotatable bonds is 6. The lowest BCUT2D eigenvalue weighted by atomic mass is 9.93. The summed E-state index contributed by atoms with van der Waals surface area (Å²) in [5.41, 5.74) is 0. The zero-order chi connectivity index (χ0) is 16.8. The molecule has 0 unspecified atom stereocenters. The molecule has 0 spiro atoms. The van der Waals surface area contributed by atoms with Crippen LogP contribution in [-0.2, 0) is 4.79 Å². The molecule has 1 amide bonds. The summed E-state index contributed by atoms with van der Waals surface area (Å²) in [5, 5.41) is 3.82. The van der Waals surface area contributed by atoms with Crippen molar-refractivity contribution in [2.24, 2.45) is 0 Å². The van der Waals surface area contributed by atoms with E-state index in [2.05, 4.69) is 15.3 Å². The first-order valence-corrected chi connectivity index (χ1v) is 9.79. The van der Waals surface area contributed by atoms with Crippen LogP contribution in [0.1, 0.15) is 51.4 Å². The standard InChI is InChI=1S/C17H24FN3O2S/c18-12-9-19-17(20-10-12)23-14-7-5-13(6-8-14)21-16(22)11-24-15-3-1-2-4-15/h9-10,13-15H,1-8,11H2,(H,21,22). The molecule has 2 aliphatic rings. The van der Waals surface area contributed by atoms with Crippen LogP contribution in [0.3, 0.4) is 0 Å². The van der Waals surface area contributed by atoms with E-state index in [4.69, 9.17) is 4.74 Å². The number of carbonyl (C=O) groups excluding carboxylic acids is 1. The van der Waals surface area contributed by atoms with Gasteiger partial charge in [-0.3, -0.25) is 4.79 Å². The van der Waals surface area contributed by atoms with Crippen LogP contribution in [0.25, 0.3) is 0 Å². The summed E-state index contributed by atoms with van der Waals surface area (Å²) in [6.45, 7) is 0. The molecule has 0 atom stereocenters. The summed E-state index contributed by atoms with van der Waals surface area (Å²) in [6, 6.07) is 0.451. The minimum absolute atomic E-state index is 0.0384. The summed E-state index contributed by atoms with van der Waals surface area (Å²) < 4.78 is 18.4. The van der Waals surface area contributed by atoms with Gasteiger partial charge in [-0.2, -0.15) is 0 Å². The number of hydrogen-bond donors (Lipinski definition) is 1. The molecule has 3 rings (SSSR count). The van der Waals surface area contributed by atoms with Gasteiger partial charge in [-0.1, -0.05) is 12.8 Å². The van der Waals surface area contributed by atoms with Crippen LogP contribution in [0.5, 0.6) is 6.01 Å². The molecule has 1 aromatic rings. The van der Waals surface area contributed by atoms with Crippen molar-refractivity contribution in [2.75, 3.05) is 5.75 Å². The summed E-state index contributed by atoms with van der Waals surface area (Å²) in [5.74, 6) is 0.257. The van der Waals surface area contributed by atoms with Crippen LogP contribution in [0.4, 0.5) is 4.39 Å². The van der Waals surface area contributed by atoms with E-state index in [1.54, 1.807) is 11.8 Å². The molecule has 5 nitrogen and oxygen atoms in total. The third kappa shape index (κ3) is 5.33. The Morgan fingerprint density at radius 2 is 1.83 bits per heavy atom. The molecule has 0 radical (unpaired) electrons. The van der Waals surface area contributed by atoms with Crippen LogP contribution >= 0.6 is 11.8 Å². The quantitative estimate of drug-likeness (QED) is 0.851. The van der Waals surface area contributed by atoms with Crippen LogP contribution in [0.15, 0.2) is 12.4 Å². The zero-order valence-electron chi connectivity index (χ0n) is 13.7. The van der Waals surface area contributed by atoms with E-state index in [1.807, 2.05) is 0 Å². The van der Waals surface area contributed by atoms with Gasteiger partial charge >= 0.3 is 6.01 Å². The zero-order valence-corrected chi connectivity index (χ0v) is 14.6. The van der Waals surface area contributed by atoms with Crippen molar-refractivity contribution in [1.29, 1.82) is 0 Å². The molecule has 0 bridgehead atoms. The number of nitrogens with one attached hydrogen (secondary N) is 1. The van der Waals surface area contributed by atoms with Crippen molar-refractivity contribution in [3.05, 3.63) is 18.2 Å². The molecular formula is C17H24FN3O2S. The average molecular weight is 353 g/mol. The number of carbonyl (C=O) groups is 1. The molecule has 1 N–H and O–H groups in total. The van der Waals surface area contributed by atoms with Crippen LogP contribution in [-0.4, -0.2) is 39.0 Å². The maximum absolute atomic E-state index is 12.8. The summed E-state index contributed by atoms with van der Waals surface area (Å²) in [7, 11) is 0. The van der Waals surface area contributed by atoms with Crippen molar-refractivity contribution in [3.63, 3.8) is 0 Å². The normalized spacial score (nSPS) is 24.7. The molecule has 1 heterocycles. The Morgan fingerprint density at radius 3 is 2.50 bits per heavy atom. The number of ether oxygens (including phenoxy) is 1. The van der Waals surface area contributed by atoms with Gasteiger partial charge in [0, 0.05) is 11.3 Å². The highest BCUT2D eigenvalue weighted by atomic mass is 32.2. The number of aromatic nitrogens is 2. The van der Waals surface area contributed by atoms with Crippen molar-refractivity contribution < 1.29 is 13.9 Å². The Kier molecular flexibility index (Phi) is 6.29. The maximum Gasteiger partial charge on any atom is 0.316 e. The molecule has 2 saturated carbocycles. The molecular weight excluding hydrogens is 329 g/mol. The fourth-order valence-electron chi connectivity index (χ4n) is 3.35. The van der Waals surface area contributed by atoms with Crippen molar-refractivity contribution in [2.45, 2.75) is 68.8 Å². The molecule has 132 valence electrons. The number of nitrogens with zero attached hydrogens (tertiary/aromatic N) is 2. The topological polar surface area (TPSA) is 64.1 Å². The molecule has 0 saturated heterocycles. The molecule has 24 heavy (non-hydrogen) atoms.